The molecular formula is C18H26N2O. The van der Waals surface area contributed by atoms with Crippen molar-refractivity contribution in [1.29, 1.82) is 0 Å². The van der Waals surface area contributed by atoms with Crippen LogP contribution in [0.25, 0.3) is 0 Å². The number of rotatable bonds is 3. The van der Waals surface area contributed by atoms with Gasteiger partial charge >= 0.3 is 0 Å². The Balaban J connectivity index is 1.67. The number of hydrogen-bond acceptors (Lipinski definition) is 2. The van der Waals surface area contributed by atoms with Gasteiger partial charge in [0.1, 0.15) is 0 Å². The summed E-state index contributed by atoms with van der Waals surface area (Å²) < 4.78 is 0. The topological polar surface area (TPSA) is 41.1 Å². The van der Waals surface area contributed by atoms with Gasteiger partial charge in [0.2, 0.25) is 5.91 Å². The van der Waals surface area contributed by atoms with Gasteiger partial charge in [-0.1, -0.05) is 18.2 Å². The average Bonchev–Trinajstić information content (AvgIpc) is 2.93. The third-order valence-electron chi connectivity index (χ3n) is 5.09. The molecule has 21 heavy (non-hydrogen) atoms. The molecule has 1 saturated heterocycles. The lowest BCUT2D eigenvalue weighted by atomic mass is 9.89. The van der Waals surface area contributed by atoms with Crippen molar-refractivity contribution in [3.8, 4) is 0 Å². The fraction of sp³-hybridized carbons (Fsp3) is 0.611. The first-order valence-corrected chi connectivity index (χ1v) is 8.30. The van der Waals surface area contributed by atoms with Crippen molar-refractivity contribution in [3.05, 3.63) is 34.9 Å². The summed E-state index contributed by atoms with van der Waals surface area (Å²) in [5.74, 6) is 0.308. The van der Waals surface area contributed by atoms with Crippen LogP contribution in [0.1, 0.15) is 55.8 Å². The Morgan fingerprint density at radius 3 is 2.76 bits per heavy atom. The van der Waals surface area contributed by atoms with Crippen molar-refractivity contribution in [2.24, 2.45) is 5.92 Å². The van der Waals surface area contributed by atoms with Gasteiger partial charge < -0.3 is 10.6 Å². The summed E-state index contributed by atoms with van der Waals surface area (Å²) in [6.07, 6.45) is 5.95. The standard InChI is InChI=1S/C18H26N2O/c1-12(20-18(21)17-9-10-19-13(17)2)15-8-7-14-5-3-4-6-16(14)11-15/h7-8,11-13,17,19H,3-6,9-10H2,1-2H3,(H,20,21). The van der Waals surface area contributed by atoms with E-state index in [1.165, 1.54) is 42.4 Å². The van der Waals surface area contributed by atoms with E-state index in [9.17, 15) is 4.79 Å². The summed E-state index contributed by atoms with van der Waals surface area (Å²) in [4.78, 5) is 12.4. The molecule has 3 heteroatoms. The zero-order chi connectivity index (χ0) is 14.8. The van der Waals surface area contributed by atoms with Crippen LogP contribution in [0.2, 0.25) is 0 Å². The molecule has 1 fully saturated rings. The molecule has 1 amide bonds. The summed E-state index contributed by atoms with van der Waals surface area (Å²) in [7, 11) is 0. The Morgan fingerprint density at radius 2 is 2.05 bits per heavy atom. The van der Waals surface area contributed by atoms with Crippen LogP contribution >= 0.6 is 0 Å². The molecule has 0 spiro atoms. The first kappa shape index (κ1) is 14.6. The fourth-order valence-electron chi connectivity index (χ4n) is 3.64. The Bertz CT molecular complexity index is 526. The Kier molecular flexibility index (Phi) is 4.29. The number of benzene rings is 1. The third kappa shape index (κ3) is 3.13. The Labute approximate surface area is 127 Å². The van der Waals surface area contributed by atoms with Crippen LogP contribution in [0, 0.1) is 5.92 Å². The van der Waals surface area contributed by atoms with Gasteiger partial charge in [0.25, 0.3) is 0 Å². The van der Waals surface area contributed by atoms with Crippen LogP contribution in [-0.4, -0.2) is 18.5 Å². The van der Waals surface area contributed by atoms with Gasteiger partial charge in [-0.3, -0.25) is 4.79 Å². The zero-order valence-corrected chi connectivity index (χ0v) is 13.1. The first-order chi connectivity index (χ1) is 10.1. The summed E-state index contributed by atoms with van der Waals surface area (Å²) in [5.41, 5.74) is 4.22. The SMILES string of the molecule is CC(NC(=O)C1CCNC1C)c1ccc2c(c1)CCCC2. The molecule has 0 saturated carbocycles. The molecule has 1 heterocycles. The van der Waals surface area contributed by atoms with E-state index in [-0.39, 0.29) is 17.9 Å². The summed E-state index contributed by atoms with van der Waals surface area (Å²) in [6, 6.07) is 7.13. The second-order valence-corrected chi connectivity index (χ2v) is 6.60. The lowest BCUT2D eigenvalue weighted by Gasteiger charge is -2.22. The monoisotopic (exact) mass is 286 g/mol. The van der Waals surface area contributed by atoms with E-state index < -0.39 is 0 Å². The molecule has 3 atom stereocenters. The highest BCUT2D eigenvalue weighted by atomic mass is 16.2. The normalized spacial score (nSPS) is 26.2. The second kappa shape index (κ2) is 6.18. The number of nitrogens with one attached hydrogen (secondary N) is 2. The number of aryl methyl sites for hydroxylation is 2. The molecule has 3 unspecified atom stereocenters. The molecule has 1 aromatic rings. The molecule has 3 nitrogen and oxygen atoms in total. The minimum atomic E-state index is 0.0949. The molecule has 2 aliphatic rings. The van der Waals surface area contributed by atoms with Crippen molar-refractivity contribution >= 4 is 5.91 Å². The minimum absolute atomic E-state index is 0.0949. The second-order valence-electron chi connectivity index (χ2n) is 6.60. The van der Waals surface area contributed by atoms with Crippen molar-refractivity contribution in [3.63, 3.8) is 0 Å². The van der Waals surface area contributed by atoms with Crippen LogP contribution in [-0.2, 0) is 17.6 Å². The first-order valence-electron chi connectivity index (χ1n) is 8.30. The predicted octanol–water partition coefficient (Wildman–Crippen LogP) is 2.74. The van der Waals surface area contributed by atoms with Gasteiger partial charge in [-0.05, 0) is 69.2 Å². The molecule has 1 aliphatic heterocycles. The zero-order valence-electron chi connectivity index (χ0n) is 13.1. The van der Waals surface area contributed by atoms with E-state index in [4.69, 9.17) is 0 Å². The van der Waals surface area contributed by atoms with Gasteiger partial charge in [0, 0.05) is 6.04 Å². The van der Waals surface area contributed by atoms with E-state index in [0.29, 0.717) is 6.04 Å². The third-order valence-corrected chi connectivity index (χ3v) is 5.09. The van der Waals surface area contributed by atoms with Crippen LogP contribution in [0.15, 0.2) is 18.2 Å². The van der Waals surface area contributed by atoms with E-state index in [1.807, 2.05) is 0 Å². The highest BCUT2D eigenvalue weighted by molar-refractivity contribution is 5.80. The van der Waals surface area contributed by atoms with Gasteiger partial charge in [-0.25, -0.2) is 0 Å². The fourth-order valence-corrected chi connectivity index (χ4v) is 3.64. The van der Waals surface area contributed by atoms with Gasteiger partial charge in [-0.2, -0.15) is 0 Å². The largest absolute Gasteiger partial charge is 0.349 e. The Morgan fingerprint density at radius 1 is 1.29 bits per heavy atom. The van der Waals surface area contributed by atoms with Crippen LogP contribution in [0.3, 0.4) is 0 Å². The van der Waals surface area contributed by atoms with Crippen molar-refractivity contribution in [2.45, 2.75) is 58.0 Å². The maximum atomic E-state index is 12.4. The maximum Gasteiger partial charge on any atom is 0.225 e. The lowest BCUT2D eigenvalue weighted by molar-refractivity contribution is -0.125. The molecule has 1 aliphatic carbocycles. The Hall–Kier alpha value is -1.35. The summed E-state index contributed by atoms with van der Waals surface area (Å²) in [6.45, 7) is 5.14. The smallest absolute Gasteiger partial charge is 0.225 e. The average molecular weight is 286 g/mol. The van der Waals surface area contributed by atoms with Crippen LogP contribution < -0.4 is 10.6 Å². The minimum Gasteiger partial charge on any atom is -0.349 e. The molecule has 0 aromatic heterocycles. The molecule has 0 bridgehead atoms. The highest BCUT2D eigenvalue weighted by Crippen LogP contribution is 2.25. The number of hydrogen-bond donors (Lipinski definition) is 2. The molecule has 2 N–H and O–H groups in total. The van der Waals surface area contributed by atoms with Crippen molar-refractivity contribution < 1.29 is 4.79 Å². The number of fused-ring (bicyclic) bond motifs is 1. The quantitative estimate of drug-likeness (QED) is 0.897. The molecule has 0 radical (unpaired) electrons. The van der Waals surface area contributed by atoms with Crippen LogP contribution in [0.4, 0.5) is 0 Å². The number of amides is 1. The van der Waals surface area contributed by atoms with E-state index in [0.717, 1.165) is 13.0 Å². The molecular weight excluding hydrogens is 260 g/mol. The van der Waals surface area contributed by atoms with Crippen LogP contribution in [0.5, 0.6) is 0 Å². The summed E-state index contributed by atoms with van der Waals surface area (Å²) >= 11 is 0. The predicted molar refractivity (Wildman–Crippen MR) is 85.2 cm³/mol. The number of carbonyl (C=O) groups is 1. The van der Waals surface area contributed by atoms with Crippen molar-refractivity contribution in [2.75, 3.05) is 6.54 Å². The molecule has 3 rings (SSSR count). The lowest BCUT2D eigenvalue weighted by Crippen LogP contribution is -2.37. The molecule has 114 valence electrons. The van der Waals surface area contributed by atoms with E-state index >= 15 is 0 Å². The summed E-state index contributed by atoms with van der Waals surface area (Å²) in [5, 5.41) is 6.54. The van der Waals surface area contributed by atoms with E-state index in [1.54, 1.807) is 0 Å². The van der Waals surface area contributed by atoms with Gasteiger partial charge in [-0.15, -0.1) is 0 Å². The van der Waals surface area contributed by atoms with Gasteiger partial charge in [0.15, 0.2) is 0 Å². The van der Waals surface area contributed by atoms with Crippen molar-refractivity contribution in [1.82, 2.24) is 10.6 Å². The number of carbonyl (C=O) groups excluding carboxylic acids is 1. The maximum absolute atomic E-state index is 12.4. The van der Waals surface area contributed by atoms with E-state index in [2.05, 4.69) is 42.7 Å². The van der Waals surface area contributed by atoms with Gasteiger partial charge in [0.05, 0.1) is 12.0 Å². The molecule has 1 aromatic carbocycles. The highest BCUT2D eigenvalue weighted by Gasteiger charge is 2.30.